The SMILES string of the molecule is O=S(=O)(CC(c1ccccc1)c1ccccc1)ON1CCC1. The van der Waals surface area contributed by atoms with Gasteiger partial charge in [-0.15, -0.1) is 0 Å². The maximum atomic E-state index is 12.3. The highest BCUT2D eigenvalue weighted by Crippen LogP contribution is 2.27. The first-order chi connectivity index (χ1) is 10.6. The van der Waals surface area contributed by atoms with Crippen LogP contribution in [0.3, 0.4) is 0 Å². The Hall–Kier alpha value is -1.69. The zero-order chi connectivity index (χ0) is 15.4. The standard InChI is InChI=1S/C17H19NO3S/c19-22(20,21-18-12-7-13-18)14-17(15-8-3-1-4-9-15)16-10-5-2-6-11-16/h1-6,8-11,17H,7,12-14H2. The highest BCUT2D eigenvalue weighted by Gasteiger charge is 2.27. The minimum atomic E-state index is -3.61. The normalized spacial score (nSPS) is 15.7. The molecule has 1 aliphatic heterocycles. The number of hydrogen-bond donors (Lipinski definition) is 0. The number of hydroxylamine groups is 2. The first-order valence-corrected chi connectivity index (χ1v) is 8.99. The molecule has 0 radical (unpaired) electrons. The number of hydrogen-bond acceptors (Lipinski definition) is 4. The molecule has 5 heteroatoms. The van der Waals surface area contributed by atoms with Gasteiger partial charge in [-0.3, -0.25) is 0 Å². The van der Waals surface area contributed by atoms with Gasteiger partial charge in [0.05, 0.1) is 5.75 Å². The van der Waals surface area contributed by atoms with E-state index < -0.39 is 10.1 Å². The van der Waals surface area contributed by atoms with Gasteiger partial charge in [0.25, 0.3) is 10.1 Å². The highest BCUT2D eigenvalue weighted by molar-refractivity contribution is 7.86. The summed E-state index contributed by atoms with van der Waals surface area (Å²) in [4.78, 5) is 0. The van der Waals surface area contributed by atoms with E-state index in [0.29, 0.717) is 13.1 Å². The van der Waals surface area contributed by atoms with Crippen LogP contribution in [0.5, 0.6) is 0 Å². The molecule has 0 N–H and O–H groups in total. The average Bonchev–Trinajstić information content (AvgIpc) is 2.51. The summed E-state index contributed by atoms with van der Waals surface area (Å²) in [6.45, 7) is 1.36. The van der Waals surface area contributed by atoms with Crippen LogP contribution >= 0.6 is 0 Å². The smallest absolute Gasteiger partial charge is 0.198 e. The third-order valence-corrected chi connectivity index (χ3v) is 4.99. The lowest BCUT2D eigenvalue weighted by Gasteiger charge is -2.29. The van der Waals surface area contributed by atoms with Gasteiger partial charge in [0.1, 0.15) is 0 Å². The van der Waals surface area contributed by atoms with E-state index in [-0.39, 0.29) is 11.7 Å². The molecule has 0 atom stereocenters. The van der Waals surface area contributed by atoms with Gasteiger partial charge in [0.15, 0.2) is 0 Å². The van der Waals surface area contributed by atoms with Crippen LogP contribution in [-0.4, -0.2) is 32.3 Å². The lowest BCUT2D eigenvalue weighted by Crippen LogP contribution is -2.39. The Morgan fingerprint density at radius 1 is 0.909 bits per heavy atom. The molecule has 22 heavy (non-hydrogen) atoms. The van der Waals surface area contributed by atoms with E-state index >= 15 is 0 Å². The van der Waals surface area contributed by atoms with Crippen molar-refractivity contribution in [1.29, 1.82) is 0 Å². The Bertz CT molecular complexity index is 658. The second-order valence-electron chi connectivity index (χ2n) is 5.46. The van der Waals surface area contributed by atoms with E-state index in [1.54, 1.807) is 0 Å². The van der Waals surface area contributed by atoms with Crippen molar-refractivity contribution in [1.82, 2.24) is 5.06 Å². The van der Waals surface area contributed by atoms with Crippen molar-refractivity contribution < 1.29 is 12.7 Å². The molecular formula is C17H19NO3S. The van der Waals surface area contributed by atoms with Crippen LogP contribution < -0.4 is 0 Å². The van der Waals surface area contributed by atoms with Crippen molar-refractivity contribution in [3.63, 3.8) is 0 Å². The van der Waals surface area contributed by atoms with Crippen LogP contribution in [-0.2, 0) is 14.4 Å². The van der Waals surface area contributed by atoms with Crippen molar-refractivity contribution in [2.75, 3.05) is 18.8 Å². The number of benzene rings is 2. The Labute approximate surface area is 131 Å². The van der Waals surface area contributed by atoms with Crippen LogP contribution in [0.15, 0.2) is 60.7 Å². The van der Waals surface area contributed by atoms with Gasteiger partial charge in [0, 0.05) is 19.0 Å². The van der Waals surface area contributed by atoms with Crippen LogP contribution in [0, 0.1) is 0 Å². The summed E-state index contributed by atoms with van der Waals surface area (Å²) >= 11 is 0. The molecule has 0 saturated carbocycles. The van der Waals surface area contributed by atoms with Gasteiger partial charge in [-0.05, 0) is 17.5 Å². The zero-order valence-corrected chi connectivity index (χ0v) is 13.1. The first-order valence-electron chi connectivity index (χ1n) is 7.41. The number of rotatable bonds is 6. The van der Waals surface area contributed by atoms with Crippen LogP contribution in [0.1, 0.15) is 23.5 Å². The molecule has 0 unspecified atom stereocenters. The average molecular weight is 317 g/mol. The third kappa shape index (κ3) is 3.74. The minimum absolute atomic E-state index is 0.0580. The van der Waals surface area contributed by atoms with Crippen LogP contribution in [0.2, 0.25) is 0 Å². The van der Waals surface area contributed by atoms with Crippen molar-refractivity contribution >= 4 is 10.1 Å². The molecule has 0 amide bonds. The summed E-state index contributed by atoms with van der Waals surface area (Å²) in [5.74, 6) is -0.286. The van der Waals surface area contributed by atoms with E-state index in [0.717, 1.165) is 17.5 Å². The molecule has 1 fully saturated rings. The predicted molar refractivity (Wildman–Crippen MR) is 85.8 cm³/mol. The maximum absolute atomic E-state index is 12.3. The second-order valence-corrected chi connectivity index (χ2v) is 7.05. The van der Waals surface area contributed by atoms with E-state index in [1.807, 2.05) is 60.7 Å². The van der Waals surface area contributed by atoms with Crippen LogP contribution in [0.25, 0.3) is 0 Å². The second kappa shape index (κ2) is 6.60. The van der Waals surface area contributed by atoms with E-state index in [2.05, 4.69) is 0 Å². The number of nitrogens with zero attached hydrogens (tertiary/aromatic N) is 1. The molecule has 0 spiro atoms. The first kappa shape index (κ1) is 15.2. The summed E-state index contributed by atoms with van der Waals surface area (Å²) in [6, 6.07) is 19.4. The Kier molecular flexibility index (Phi) is 4.57. The quantitative estimate of drug-likeness (QED) is 0.822. The van der Waals surface area contributed by atoms with Gasteiger partial charge in [-0.25, -0.2) is 0 Å². The largest absolute Gasteiger partial charge is 0.284 e. The molecule has 0 aromatic heterocycles. The summed E-state index contributed by atoms with van der Waals surface area (Å²) in [5.41, 5.74) is 1.95. The molecule has 0 aliphatic carbocycles. The summed E-state index contributed by atoms with van der Waals surface area (Å²) in [7, 11) is -3.61. The van der Waals surface area contributed by atoms with Gasteiger partial charge < -0.3 is 0 Å². The molecule has 0 bridgehead atoms. The van der Waals surface area contributed by atoms with Gasteiger partial charge >= 0.3 is 0 Å². The Balaban J connectivity index is 1.86. The monoisotopic (exact) mass is 317 g/mol. The van der Waals surface area contributed by atoms with E-state index in [1.165, 1.54) is 5.06 Å². The fourth-order valence-electron chi connectivity index (χ4n) is 2.51. The molecule has 1 saturated heterocycles. The van der Waals surface area contributed by atoms with Gasteiger partial charge in [-0.2, -0.15) is 17.8 Å². The summed E-state index contributed by atoms with van der Waals surface area (Å²) in [5, 5.41) is 1.50. The fourth-order valence-corrected chi connectivity index (χ4v) is 3.84. The third-order valence-electron chi connectivity index (χ3n) is 3.81. The lowest BCUT2D eigenvalue weighted by atomic mass is 9.93. The molecule has 1 heterocycles. The fraction of sp³-hybridized carbons (Fsp3) is 0.294. The molecule has 2 aromatic rings. The highest BCUT2D eigenvalue weighted by atomic mass is 32.2. The summed E-state index contributed by atoms with van der Waals surface area (Å²) in [6.07, 6.45) is 0.982. The van der Waals surface area contributed by atoms with Crippen molar-refractivity contribution in [3.8, 4) is 0 Å². The molecule has 4 nitrogen and oxygen atoms in total. The lowest BCUT2D eigenvalue weighted by molar-refractivity contribution is -0.101. The molecular weight excluding hydrogens is 298 g/mol. The van der Waals surface area contributed by atoms with E-state index in [4.69, 9.17) is 4.28 Å². The minimum Gasteiger partial charge on any atom is -0.198 e. The van der Waals surface area contributed by atoms with E-state index in [9.17, 15) is 8.42 Å². The van der Waals surface area contributed by atoms with Crippen molar-refractivity contribution in [3.05, 3.63) is 71.8 Å². The Morgan fingerprint density at radius 2 is 1.41 bits per heavy atom. The zero-order valence-electron chi connectivity index (χ0n) is 12.3. The van der Waals surface area contributed by atoms with Gasteiger partial charge in [0.2, 0.25) is 0 Å². The van der Waals surface area contributed by atoms with Crippen molar-refractivity contribution in [2.45, 2.75) is 12.3 Å². The predicted octanol–water partition coefficient (Wildman–Crippen LogP) is 2.79. The maximum Gasteiger partial charge on any atom is 0.284 e. The summed E-state index contributed by atoms with van der Waals surface area (Å²) < 4.78 is 29.8. The molecule has 3 rings (SSSR count). The van der Waals surface area contributed by atoms with Crippen LogP contribution in [0.4, 0.5) is 0 Å². The molecule has 1 aliphatic rings. The molecule has 2 aromatic carbocycles. The topological polar surface area (TPSA) is 46.6 Å². The Morgan fingerprint density at radius 3 is 1.82 bits per heavy atom. The molecule has 116 valence electrons. The van der Waals surface area contributed by atoms with Gasteiger partial charge in [-0.1, -0.05) is 60.7 Å². The van der Waals surface area contributed by atoms with Crippen molar-refractivity contribution in [2.24, 2.45) is 0 Å².